The van der Waals surface area contributed by atoms with E-state index in [4.69, 9.17) is 0 Å². The Kier molecular flexibility index (Phi) is 3.37. The van der Waals surface area contributed by atoms with Crippen molar-refractivity contribution < 1.29 is 4.79 Å². The number of hydrogen-bond acceptors (Lipinski definition) is 1. The van der Waals surface area contributed by atoms with Gasteiger partial charge in [-0.15, -0.1) is 0 Å². The Morgan fingerprint density at radius 2 is 1.76 bits per heavy atom. The summed E-state index contributed by atoms with van der Waals surface area (Å²) in [5.41, 5.74) is 1.26. The number of carbonyl (C=O) groups excluding carboxylic acids is 1. The van der Waals surface area contributed by atoms with Crippen molar-refractivity contribution >= 4 is 5.78 Å². The largest absolute Gasteiger partial charge is 0.299 e. The van der Waals surface area contributed by atoms with E-state index in [0.29, 0.717) is 11.7 Å². The van der Waals surface area contributed by atoms with E-state index in [1.54, 1.807) is 0 Å². The molecule has 1 aliphatic carbocycles. The van der Waals surface area contributed by atoms with Crippen LogP contribution in [0.4, 0.5) is 0 Å². The first-order valence-corrected chi connectivity index (χ1v) is 6.60. The van der Waals surface area contributed by atoms with Gasteiger partial charge in [0.05, 0.1) is 0 Å². The van der Waals surface area contributed by atoms with Crippen LogP contribution >= 0.6 is 0 Å². The molecule has 1 heteroatoms. The fraction of sp³-hybridized carbons (Fsp3) is 0.562. The Morgan fingerprint density at radius 3 is 2.35 bits per heavy atom. The van der Waals surface area contributed by atoms with E-state index in [1.165, 1.54) is 12.0 Å². The highest BCUT2D eigenvalue weighted by Gasteiger charge is 2.38. The van der Waals surface area contributed by atoms with Crippen molar-refractivity contribution in [2.24, 2.45) is 11.8 Å². The summed E-state index contributed by atoms with van der Waals surface area (Å²) >= 11 is 0. The zero-order valence-corrected chi connectivity index (χ0v) is 11.1. The second kappa shape index (κ2) is 4.64. The van der Waals surface area contributed by atoms with Crippen LogP contribution in [0.1, 0.15) is 45.6 Å². The van der Waals surface area contributed by atoms with Gasteiger partial charge < -0.3 is 0 Å². The molecule has 0 saturated heterocycles. The summed E-state index contributed by atoms with van der Waals surface area (Å²) in [4.78, 5) is 12.2. The molecule has 0 spiro atoms. The van der Waals surface area contributed by atoms with Gasteiger partial charge in [0, 0.05) is 12.3 Å². The highest BCUT2D eigenvalue weighted by Crippen LogP contribution is 2.40. The number of Topliss-reactive ketones (excluding diaryl/α,β-unsaturated/α-hetero) is 1. The first-order valence-electron chi connectivity index (χ1n) is 6.60. The molecule has 1 saturated carbocycles. The van der Waals surface area contributed by atoms with Crippen LogP contribution in [-0.4, -0.2) is 5.78 Å². The number of hydrogen-bond donors (Lipinski definition) is 0. The van der Waals surface area contributed by atoms with Crippen LogP contribution in [0, 0.1) is 11.8 Å². The first-order chi connectivity index (χ1) is 8.01. The maximum Gasteiger partial charge on any atom is 0.137 e. The molecule has 0 aromatic heterocycles. The van der Waals surface area contributed by atoms with Crippen LogP contribution in [0.15, 0.2) is 30.3 Å². The van der Waals surface area contributed by atoms with Gasteiger partial charge in [0.25, 0.3) is 0 Å². The summed E-state index contributed by atoms with van der Waals surface area (Å²) < 4.78 is 0. The van der Waals surface area contributed by atoms with Gasteiger partial charge >= 0.3 is 0 Å². The number of carbonyl (C=O) groups is 1. The number of rotatable bonds is 2. The van der Waals surface area contributed by atoms with E-state index >= 15 is 0 Å². The van der Waals surface area contributed by atoms with Gasteiger partial charge in [-0.3, -0.25) is 4.79 Å². The molecule has 1 aliphatic rings. The zero-order chi connectivity index (χ0) is 12.5. The molecule has 0 aliphatic heterocycles. The first kappa shape index (κ1) is 12.3. The van der Waals surface area contributed by atoms with Crippen molar-refractivity contribution in [2.75, 3.05) is 0 Å². The molecule has 2 rings (SSSR count). The average molecular weight is 230 g/mol. The van der Waals surface area contributed by atoms with Crippen LogP contribution < -0.4 is 0 Å². The second-order valence-corrected chi connectivity index (χ2v) is 5.99. The standard InChI is InChI=1S/C16H22O/c1-12-9-10-14(15(17)11-12)16(2,3)13-7-5-4-6-8-13/h4-8,12,14H,9-11H2,1-3H3/t12-,14-/m0/s1. The summed E-state index contributed by atoms with van der Waals surface area (Å²) in [5, 5.41) is 0. The highest BCUT2D eigenvalue weighted by atomic mass is 16.1. The molecule has 1 nitrogen and oxygen atoms in total. The normalized spacial score (nSPS) is 25.9. The monoisotopic (exact) mass is 230 g/mol. The molecular weight excluding hydrogens is 208 g/mol. The van der Waals surface area contributed by atoms with Gasteiger partial charge in [0.15, 0.2) is 0 Å². The molecule has 0 bridgehead atoms. The predicted molar refractivity (Wildman–Crippen MR) is 71.0 cm³/mol. The Morgan fingerprint density at radius 1 is 1.12 bits per heavy atom. The van der Waals surface area contributed by atoms with Crippen molar-refractivity contribution in [3.8, 4) is 0 Å². The van der Waals surface area contributed by atoms with Crippen LogP contribution in [0.25, 0.3) is 0 Å². The molecule has 0 N–H and O–H groups in total. The number of ketones is 1. The van der Waals surface area contributed by atoms with Gasteiger partial charge in [-0.25, -0.2) is 0 Å². The van der Waals surface area contributed by atoms with Gasteiger partial charge in [0.2, 0.25) is 0 Å². The lowest BCUT2D eigenvalue weighted by atomic mass is 9.65. The minimum absolute atomic E-state index is 0.0293. The van der Waals surface area contributed by atoms with Crippen LogP contribution in [-0.2, 0) is 10.2 Å². The fourth-order valence-electron chi connectivity index (χ4n) is 3.03. The number of benzene rings is 1. The SMILES string of the molecule is C[C@H]1CC[C@H](C(C)(C)c2ccccc2)C(=O)C1. The van der Waals surface area contributed by atoms with Crippen LogP contribution in [0.5, 0.6) is 0 Å². The highest BCUT2D eigenvalue weighted by molar-refractivity contribution is 5.83. The summed E-state index contributed by atoms with van der Waals surface area (Å²) in [7, 11) is 0. The smallest absolute Gasteiger partial charge is 0.137 e. The van der Waals surface area contributed by atoms with E-state index in [-0.39, 0.29) is 11.3 Å². The van der Waals surface area contributed by atoms with Crippen molar-refractivity contribution in [2.45, 2.75) is 45.4 Å². The maximum atomic E-state index is 12.2. The minimum Gasteiger partial charge on any atom is -0.299 e. The lowest BCUT2D eigenvalue weighted by Crippen LogP contribution is -2.38. The van der Waals surface area contributed by atoms with Crippen LogP contribution in [0.2, 0.25) is 0 Å². The van der Waals surface area contributed by atoms with E-state index in [0.717, 1.165) is 12.8 Å². The molecule has 1 fully saturated rings. The van der Waals surface area contributed by atoms with Gasteiger partial charge in [-0.2, -0.15) is 0 Å². The summed E-state index contributed by atoms with van der Waals surface area (Å²) in [5.74, 6) is 1.23. The lowest BCUT2D eigenvalue weighted by Gasteiger charge is -2.37. The summed E-state index contributed by atoms with van der Waals surface area (Å²) in [6.07, 6.45) is 3.00. The molecule has 0 radical (unpaired) electrons. The van der Waals surface area contributed by atoms with Crippen molar-refractivity contribution in [1.29, 1.82) is 0 Å². The molecule has 17 heavy (non-hydrogen) atoms. The fourth-order valence-corrected chi connectivity index (χ4v) is 3.03. The van der Waals surface area contributed by atoms with E-state index in [2.05, 4.69) is 45.0 Å². The zero-order valence-electron chi connectivity index (χ0n) is 11.1. The molecule has 0 unspecified atom stereocenters. The minimum atomic E-state index is -0.0293. The van der Waals surface area contributed by atoms with E-state index < -0.39 is 0 Å². The van der Waals surface area contributed by atoms with Crippen molar-refractivity contribution in [3.63, 3.8) is 0 Å². The molecule has 92 valence electrons. The third-order valence-electron chi connectivity index (χ3n) is 4.28. The molecule has 0 heterocycles. The summed E-state index contributed by atoms with van der Waals surface area (Å²) in [6, 6.07) is 10.4. The quantitative estimate of drug-likeness (QED) is 0.751. The topological polar surface area (TPSA) is 17.1 Å². The molecular formula is C16H22O. The second-order valence-electron chi connectivity index (χ2n) is 5.99. The molecule has 0 amide bonds. The Balaban J connectivity index is 2.24. The third-order valence-corrected chi connectivity index (χ3v) is 4.28. The Bertz CT molecular complexity index is 391. The van der Waals surface area contributed by atoms with Crippen molar-refractivity contribution in [1.82, 2.24) is 0 Å². The van der Waals surface area contributed by atoms with E-state index in [9.17, 15) is 4.79 Å². The molecule has 1 aromatic rings. The summed E-state index contributed by atoms with van der Waals surface area (Å²) in [6.45, 7) is 6.60. The van der Waals surface area contributed by atoms with Gasteiger partial charge in [-0.1, -0.05) is 51.1 Å². The van der Waals surface area contributed by atoms with Gasteiger partial charge in [-0.05, 0) is 29.7 Å². The molecule has 2 atom stereocenters. The average Bonchev–Trinajstić information content (AvgIpc) is 2.29. The van der Waals surface area contributed by atoms with E-state index in [1.807, 2.05) is 6.07 Å². The Hall–Kier alpha value is -1.11. The molecule has 1 aromatic carbocycles. The predicted octanol–water partition coefficient (Wildman–Crippen LogP) is 3.97. The van der Waals surface area contributed by atoms with Crippen molar-refractivity contribution in [3.05, 3.63) is 35.9 Å². The lowest BCUT2D eigenvalue weighted by molar-refractivity contribution is -0.128. The van der Waals surface area contributed by atoms with Gasteiger partial charge in [0.1, 0.15) is 5.78 Å². The van der Waals surface area contributed by atoms with Crippen LogP contribution in [0.3, 0.4) is 0 Å². The Labute approximate surface area is 104 Å². The third kappa shape index (κ3) is 2.43. The maximum absolute atomic E-state index is 12.2.